The second-order valence-electron chi connectivity index (χ2n) is 2.76. The van der Waals surface area contributed by atoms with E-state index in [4.69, 9.17) is 9.47 Å². The van der Waals surface area contributed by atoms with Crippen LogP contribution in [0.1, 0.15) is 0 Å². The molecule has 0 aliphatic carbocycles. The van der Waals surface area contributed by atoms with E-state index < -0.39 is 6.10 Å². The van der Waals surface area contributed by atoms with Crippen LogP contribution < -0.4 is 5.32 Å². The highest BCUT2D eigenvalue weighted by Gasteiger charge is 2.30. The van der Waals surface area contributed by atoms with Gasteiger partial charge < -0.3 is 14.6 Å². The highest BCUT2D eigenvalue weighted by Crippen LogP contribution is 2.07. The van der Waals surface area contributed by atoms with Crippen molar-refractivity contribution in [3.05, 3.63) is 0 Å². The van der Waals surface area contributed by atoms with Crippen molar-refractivity contribution in [2.24, 2.45) is 4.99 Å². The molecule has 5 heteroatoms. The Kier molecular flexibility index (Phi) is 2.25. The third kappa shape index (κ3) is 1.43. The van der Waals surface area contributed by atoms with Crippen LogP contribution in [0.4, 0.5) is 0 Å². The summed E-state index contributed by atoms with van der Waals surface area (Å²) in [5, 5.41) is 12.6. The molecule has 2 N–H and O–H groups in total. The van der Waals surface area contributed by atoms with Gasteiger partial charge in [-0.1, -0.05) is 0 Å². The van der Waals surface area contributed by atoms with Gasteiger partial charge in [0, 0.05) is 6.54 Å². The quantitative estimate of drug-likeness (QED) is 0.544. The molecule has 0 radical (unpaired) electrons. The zero-order chi connectivity index (χ0) is 8.39. The first-order valence-corrected chi connectivity index (χ1v) is 4.08. The van der Waals surface area contributed by atoms with Gasteiger partial charge in [-0.05, 0) is 0 Å². The molecule has 0 aromatic carbocycles. The van der Waals surface area contributed by atoms with E-state index in [1.807, 2.05) is 0 Å². The van der Waals surface area contributed by atoms with E-state index >= 15 is 0 Å². The van der Waals surface area contributed by atoms with Crippen LogP contribution in [-0.2, 0) is 9.47 Å². The fourth-order valence-corrected chi connectivity index (χ4v) is 1.31. The van der Waals surface area contributed by atoms with E-state index in [0.29, 0.717) is 25.7 Å². The van der Waals surface area contributed by atoms with Crippen molar-refractivity contribution in [3.8, 4) is 0 Å². The molecule has 0 saturated carbocycles. The Hall–Kier alpha value is -0.650. The number of nitrogens with one attached hydrogen (secondary N) is 1. The molecule has 68 valence electrons. The summed E-state index contributed by atoms with van der Waals surface area (Å²) in [4.78, 5) is 4.00. The molecular formula is C7H12N2O3. The molecule has 0 amide bonds. The highest BCUT2D eigenvalue weighted by atomic mass is 16.5. The van der Waals surface area contributed by atoms with Crippen LogP contribution >= 0.6 is 0 Å². The minimum atomic E-state index is -0.755. The van der Waals surface area contributed by atoms with Gasteiger partial charge in [0.2, 0.25) is 5.90 Å². The molecule has 0 aromatic rings. The van der Waals surface area contributed by atoms with Crippen molar-refractivity contribution in [2.45, 2.75) is 12.3 Å². The van der Waals surface area contributed by atoms with Gasteiger partial charge in [-0.3, -0.25) is 5.32 Å². The van der Waals surface area contributed by atoms with Crippen LogP contribution in [0.15, 0.2) is 4.99 Å². The third-order valence-electron chi connectivity index (χ3n) is 1.89. The molecule has 0 bridgehead atoms. The van der Waals surface area contributed by atoms with Crippen LogP contribution in [0.25, 0.3) is 0 Å². The molecule has 0 aromatic heterocycles. The standard InChI is InChI=1S/C7H12N2O3/c10-5(6-8-1-3-11-6)7-9-2-4-12-7/h5-6,8,10H,1-4H2. The molecule has 0 spiro atoms. The number of nitrogens with zero attached hydrogens (tertiary/aromatic N) is 1. The van der Waals surface area contributed by atoms with Crippen LogP contribution in [0.5, 0.6) is 0 Å². The van der Waals surface area contributed by atoms with E-state index in [2.05, 4.69) is 10.3 Å². The maximum Gasteiger partial charge on any atom is 0.217 e. The van der Waals surface area contributed by atoms with Crippen molar-refractivity contribution < 1.29 is 14.6 Å². The van der Waals surface area contributed by atoms with Crippen molar-refractivity contribution in [1.82, 2.24) is 5.32 Å². The van der Waals surface area contributed by atoms with Gasteiger partial charge in [-0.25, -0.2) is 4.99 Å². The summed E-state index contributed by atoms with van der Waals surface area (Å²) >= 11 is 0. The van der Waals surface area contributed by atoms with Crippen LogP contribution in [-0.4, -0.2) is 49.6 Å². The molecular weight excluding hydrogens is 160 g/mol. The van der Waals surface area contributed by atoms with Crippen molar-refractivity contribution >= 4 is 5.90 Å². The van der Waals surface area contributed by atoms with Crippen LogP contribution in [0.3, 0.4) is 0 Å². The minimum Gasteiger partial charge on any atom is -0.477 e. The van der Waals surface area contributed by atoms with Crippen LogP contribution in [0.2, 0.25) is 0 Å². The van der Waals surface area contributed by atoms with E-state index in [1.165, 1.54) is 0 Å². The van der Waals surface area contributed by atoms with E-state index in [0.717, 1.165) is 6.54 Å². The summed E-state index contributed by atoms with van der Waals surface area (Å²) in [6, 6.07) is 0. The lowest BCUT2D eigenvalue weighted by Crippen LogP contribution is -2.41. The predicted octanol–water partition coefficient (Wildman–Crippen LogP) is -1.28. The smallest absolute Gasteiger partial charge is 0.217 e. The van der Waals surface area contributed by atoms with E-state index in [9.17, 15) is 5.11 Å². The fourth-order valence-electron chi connectivity index (χ4n) is 1.31. The number of aliphatic hydroxyl groups is 1. The first-order chi connectivity index (χ1) is 5.88. The predicted molar refractivity (Wildman–Crippen MR) is 42.0 cm³/mol. The lowest BCUT2D eigenvalue weighted by molar-refractivity contribution is 0.0129. The molecule has 2 atom stereocenters. The molecule has 1 fully saturated rings. The first-order valence-electron chi connectivity index (χ1n) is 4.08. The van der Waals surface area contributed by atoms with Gasteiger partial charge in [0.25, 0.3) is 0 Å². The molecule has 2 rings (SSSR count). The van der Waals surface area contributed by atoms with Gasteiger partial charge in [0.05, 0.1) is 13.2 Å². The van der Waals surface area contributed by atoms with E-state index in [-0.39, 0.29) is 6.23 Å². The molecule has 12 heavy (non-hydrogen) atoms. The summed E-state index contributed by atoms with van der Waals surface area (Å²) in [6.07, 6.45) is -1.10. The number of rotatable bonds is 2. The zero-order valence-electron chi connectivity index (χ0n) is 6.69. The van der Waals surface area contributed by atoms with Gasteiger partial charge in [0.15, 0.2) is 6.10 Å². The Balaban J connectivity index is 1.93. The maximum absolute atomic E-state index is 9.61. The summed E-state index contributed by atoms with van der Waals surface area (Å²) in [5.74, 6) is 0.398. The minimum absolute atomic E-state index is 0.346. The maximum atomic E-state index is 9.61. The average molecular weight is 172 g/mol. The van der Waals surface area contributed by atoms with Crippen molar-refractivity contribution in [2.75, 3.05) is 26.3 Å². The second kappa shape index (κ2) is 3.38. The molecule has 1 saturated heterocycles. The van der Waals surface area contributed by atoms with Crippen LogP contribution in [0, 0.1) is 0 Å². The molecule has 5 nitrogen and oxygen atoms in total. The summed E-state index contributed by atoms with van der Waals surface area (Å²) in [7, 11) is 0. The third-order valence-corrected chi connectivity index (χ3v) is 1.89. The molecule has 2 aliphatic rings. The Morgan fingerprint density at radius 2 is 2.50 bits per heavy atom. The fraction of sp³-hybridized carbons (Fsp3) is 0.857. The van der Waals surface area contributed by atoms with E-state index in [1.54, 1.807) is 0 Å². The second-order valence-corrected chi connectivity index (χ2v) is 2.76. The van der Waals surface area contributed by atoms with Gasteiger partial charge in [0.1, 0.15) is 12.8 Å². The SMILES string of the molecule is OC(C1=NCCO1)C1NCCO1. The Labute approximate surface area is 70.4 Å². The van der Waals surface area contributed by atoms with Crippen molar-refractivity contribution in [1.29, 1.82) is 0 Å². The molecule has 2 heterocycles. The Morgan fingerprint density at radius 1 is 1.58 bits per heavy atom. The molecule has 2 aliphatic heterocycles. The Morgan fingerprint density at radius 3 is 3.08 bits per heavy atom. The highest BCUT2D eigenvalue weighted by molar-refractivity contribution is 5.82. The monoisotopic (exact) mass is 172 g/mol. The number of hydrogen-bond donors (Lipinski definition) is 2. The van der Waals surface area contributed by atoms with Crippen molar-refractivity contribution in [3.63, 3.8) is 0 Å². The average Bonchev–Trinajstić information content (AvgIpc) is 2.77. The Bertz CT molecular complexity index is 189. The largest absolute Gasteiger partial charge is 0.477 e. The van der Waals surface area contributed by atoms with Gasteiger partial charge >= 0.3 is 0 Å². The molecule has 2 unspecified atom stereocenters. The first kappa shape index (κ1) is 7.97. The number of ether oxygens (including phenoxy) is 2. The lowest BCUT2D eigenvalue weighted by Gasteiger charge is -2.16. The number of aliphatic hydroxyl groups excluding tert-OH is 1. The summed E-state index contributed by atoms with van der Waals surface area (Å²) in [6.45, 7) is 2.61. The lowest BCUT2D eigenvalue weighted by atomic mass is 10.3. The zero-order valence-corrected chi connectivity index (χ0v) is 6.69. The number of aliphatic imine (C=N–C) groups is 1. The number of hydrogen-bond acceptors (Lipinski definition) is 5. The summed E-state index contributed by atoms with van der Waals surface area (Å²) < 4.78 is 10.3. The topological polar surface area (TPSA) is 63.1 Å². The van der Waals surface area contributed by atoms with Gasteiger partial charge in [-0.15, -0.1) is 0 Å². The summed E-state index contributed by atoms with van der Waals surface area (Å²) in [5.41, 5.74) is 0. The van der Waals surface area contributed by atoms with Gasteiger partial charge in [-0.2, -0.15) is 0 Å². The normalized spacial score (nSPS) is 31.4.